The number of nitro groups is 1. The number of benzene rings is 1. The van der Waals surface area contributed by atoms with Crippen LogP contribution < -0.4 is 0 Å². The van der Waals surface area contributed by atoms with Gasteiger partial charge in [-0.2, -0.15) is 0 Å². The molecule has 0 fully saturated rings. The van der Waals surface area contributed by atoms with Gasteiger partial charge in [-0.15, -0.1) is 0 Å². The molecule has 0 aliphatic heterocycles. The van der Waals surface area contributed by atoms with E-state index in [0.717, 1.165) is 0 Å². The Labute approximate surface area is 108 Å². The van der Waals surface area contributed by atoms with E-state index in [2.05, 4.69) is 15.9 Å². The highest BCUT2D eigenvalue weighted by Crippen LogP contribution is 2.20. The Hall–Kier alpha value is -1.43. The second-order valence-electron chi connectivity index (χ2n) is 3.69. The van der Waals surface area contributed by atoms with Crippen molar-refractivity contribution in [2.24, 2.45) is 0 Å². The van der Waals surface area contributed by atoms with Crippen molar-refractivity contribution in [3.63, 3.8) is 0 Å². The van der Waals surface area contributed by atoms with Gasteiger partial charge in [-0.3, -0.25) is 14.9 Å². The summed E-state index contributed by atoms with van der Waals surface area (Å²) in [5.74, 6) is -0.343. The van der Waals surface area contributed by atoms with Gasteiger partial charge in [0.25, 0.3) is 11.6 Å². The summed E-state index contributed by atoms with van der Waals surface area (Å²) in [5, 5.41) is 11.4. The third kappa shape index (κ3) is 3.03. The molecule has 0 aliphatic rings. The summed E-state index contributed by atoms with van der Waals surface area (Å²) in [5.41, 5.74) is -0.0427. The number of para-hydroxylation sites is 1. The van der Waals surface area contributed by atoms with Crippen LogP contribution in [0.15, 0.2) is 24.3 Å². The molecule has 0 saturated heterocycles. The third-order valence-electron chi connectivity index (χ3n) is 2.54. The second kappa shape index (κ2) is 5.77. The first kappa shape index (κ1) is 13.6. The summed E-state index contributed by atoms with van der Waals surface area (Å²) >= 11 is 3.28. The van der Waals surface area contributed by atoms with E-state index in [1.807, 2.05) is 6.92 Å². The summed E-state index contributed by atoms with van der Waals surface area (Å²) < 4.78 is 0. The van der Waals surface area contributed by atoms with Crippen LogP contribution in [-0.2, 0) is 0 Å². The number of carbonyl (C=O) groups excluding carboxylic acids is 1. The number of nitro benzene ring substituents is 1. The molecule has 0 bridgehead atoms. The molecule has 6 heteroatoms. The monoisotopic (exact) mass is 300 g/mol. The van der Waals surface area contributed by atoms with Gasteiger partial charge >= 0.3 is 0 Å². The quantitative estimate of drug-likeness (QED) is 0.487. The van der Waals surface area contributed by atoms with E-state index >= 15 is 0 Å². The molecule has 1 amide bonds. The molecule has 0 N–H and O–H groups in total. The summed E-state index contributed by atoms with van der Waals surface area (Å²) in [4.78, 5) is 23.8. The van der Waals surface area contributed by atoms with Crippen molar-refractivity contribution in [1.82, 2.24) is 4.90 Å². The Bertz CT molecular complexity index is 436. The van der Waals surface area contributed by atoms with Crippen molar-refractivity contribution in [3.8, 4) is 0 Å². The lowest BCUT2D eigenvalue weighted by molar-refractivity contribution is -0.385. The van der Waals surface area contributed by atoms with Gasteiger partial charge in [0.05, 0.1) is 4.92 Å². The van der Waals surface area contributed by atoms with Crippen molar-refractivity contribution in [2.45, 2.75) is 13.0 Å². The minimum absolute atomic E-state index is 0.0256. The zero-order valence-corrected chi connectivity index (χ0v) is 11.2. The third-order valence-corrected chi connectivity index (χ3v) is 3.47. The predicted octanol–water partition coefficient (Wildman–Crippen LogP) is 2.45. The Morgan fingerprint density at radius 3 is 2.65 bits per heavy atom. The largest absolute Gasteiger partial charge is 0.338 e. The molecule has 17 heavy (non-hydrogen) atoms. The maximum absolute atomic E-state index is 12.1. The fraction of sp³-hybridized carbons (Fsp3) is 0.364. The van der Waals surface area contributed by atoms with Crippen LogP contribution in [-0.4, -0.2) is 34.2 Å². The van der Waals surface area contributed by atoms with Crippen LogP contribution in [0.4, 0.5) is 5.69 Å². The number of amides is 1. The smallest absolute Gasteiger partial charge is 0.282 e. The Balaban J connectivity index is 3.08. The zero-order chi connectivity index (χ0) is 13.0. The molecule has 5 nitrogen and oxygen atoms in total. The van der Waals surface area contributed by atoms with Crippen molar-refractivity contribution >= 4 is 27.5 Å². The maximum atomic E-state index is 12.1. The van der Waals surface area contributed by atoms with Gasteiger partial charge < -0.3 is 4.90 Å². The lowest BCUT2D eigenvalue weighted by Crippen LogP contribution is -2.36. The van der Waals surface area contributed by atoms with Gasteiger partial charge in [0.1, 0.15) is 5.56 Å². The molecule has 1 aromatic carbocycles. The molecule has 92 valence electrons. The Morgan fingerprint density at radius 1 is 1.53 bits per heavy atom. The Morgan fingerprint density at radius 2 is 2.12 bits per heavy atom. The molecular formula is C11H13BrN2O3. The number of halogens is 1. The minimum atomic E-state index is -0.542. The van der Waals surface area contributed by atoms with Crippen LogP contribution in [0.5, 0.6) is 0 Å². The summed E-state index contributed by atoms with van der Waals surface area (Å²) in [6, 6.07) is 5.94. The molecule has 0 heterocycles. The number of alkyl halides is 1. The molecular weight excluding hydrogens is 288 g/mol. The number of nitrogens with zero attached hydrogens (tertiary/aromatic N) is 2. The number of carbonyl (C=O) groups is 1. The van der Waals surface area contributed by atoms with E-state index in [1.165, 1.54) is 17.0 Å². The molecule has 0 saturated carbocycles. The fourth-order valence-corrected chi connectivity index (χ4v) is 1.74. The van der Waals surface area contributed by atoms with E-state index in [4.69, 9.17) is 0 Å². The topological polar surface area (TPSA) is 63.5 Å². The first-order chi connectivity index (χ1) is 7.99. The van der Waals surface area contributed by atoms with E-state index < -0.39 is 4.92 Å². The lowest BCUT2D eigenvalue weighted by atomic mass is 10.1. The van der Waals surface area contributed by atoms with Crippen molar-refractivity contribution in [2.75, 3.05) is 12.4 Å². The van der Waals surface area contributed by atoms with Crippen LogP contribution in [0.3, 0.4) is 0 Å². The number of hydrogen-bond acceptors (Lipinski definition) is 3. The lowest BCUT2D eigenvalue weighted by Gasteiger charge is -2.23. The number of hydrogen-bond donors (Lipinski definition) is 0. The minimum Gasteiger partial charge on any atom is -0.338 e. The summed E-state index contributed by atoms with van der Waals surface area (Å²) in [6.07, 6.45) is 0. The van der Waals surface area contributed by atoms with E-state index in [0.29, 0.717) is 5.33 Å². The summed E-state index contributed by atoms with van der Waals surface area (Å²) in [6.45, 7) is 1.86. The second-order valence-corrected chi connectivity index (χ2v) is 4.34. The predicted molar refractivity (Wildman–Crippen MR) is 68.4 cm³/mol. The van der Waals surface area contributed by atoms with Crippen molar-refractivity contribution in [3.05, 3.63) is 39.9 Å². The molecule has 1 rings (SSSR count). The Kier molecular flexibility index (Phi) is 4.62. The van der Waals surface area contributed by atoms with Crippen LogP contribution in [0.25, 0.3) is 0 Å². The van der Waals surface area contributed by atoms with Gasteiger partial charge in [-0.1, -0.05) is 28.1 Å². The molecule has 1 atom stereocenters. The van der Waals surface area contributed by atoms with E-state index in [-0.39, 0.29) is 23.2 Å². The average Bonchev–Trinajstić information content (AvgIpc) is 2.35. The average molecular weight is 301 g/mol. The highest BCUT2D eigenvalue weighted by molar-refractivity contribution is 9.09. The van der Waals surface area contributed by atoms with E-state index in [9.17, 15) is 14.9 Å². The van der Waals surface area contributed by atoms with Crippen molar-refractivity contribution in [1.29, 1.82) is 0 Å². The van der Waals surface area contributed by atoms with Gasteiger partial charge in [0.15, 0.2) is 0 Å². The normalized spacial score (nSPS) is 11.9. The van der Waals surface area contributed by atoms with Crippen molar-refractivity contribution < 1.29 is 9.72 Å². The van der Waals surface area contributed by atoms with Crippen LogP contribution in [0, 0.1) is 10.1 Å². The summed E-state index contributed by atoms with van der Waals surface area (Å²) in [7, 11) is 1.63. The SMILES string of the molecule is CC(CBr)N(C)C(=O)c1ccccc1[N+](=O)[O-]. The van der Waals surface area contributed by atoms with Gasteiger partial charge in [0, 0.05) is 24.5 Å². The fourth-order valence-electron chi connectivity index (χ4n) is 1.31. The van der Waals surface area contributed by atoms with Gasteiger partial charge in [0.2, 0.25) is 0 Å². The van der Waals surface area contributed by atoms with Crippen LogP contribution in [0.1, 0.15) is 17.3 Å². The van der Waals surface area contributed by atoms with Gasteiger partial charge in [-0.05, 0) is 13.0 Å². The molecule has 0 spiro atoms. The zero-order valence-electron chi connectivity index (χ0n) is 9.59. The maximum Gasteiger partial charge on any atom is 0.282 e. The highest BCUT2D eigenvalue weighted by Gasteiger charge is 2.24. The molecule has 1 unspecified atom stereocenters. The van der Waals surface area contributed by atoms with Crippen LogP contribution >= 0.6 is 15.9 Å². The van der Waals surface area contributed by atoms with Gasteiger partial charge in [-0.25, -0.2) is 0 Å². The molecule has 1 aromatic rings. The first-order valence-electron chi connectivity index (χ1n) is 5.05. The highest BCUT2D eigenvalue weighted by atomic mass is 79.9. The standard InChI is InChI=1S/C11H13BrN2O3/c1-8(7-12)13(2)11(15)9-5-3-4-6-10(9)14(16)17/h3-6,8H,7H2,1-2H3. The van der Waals surface area contributed by atoms with Crippen LogP contribution in [0.2, 0.25) is 0 Å². The molecule has 0 aromatic heterocycles. The van der Waals surface area contributed by atoms with E-state index in [1.54, 1.807) is 19.2 Å². The molecule has 0 radical (unpaired) electrons. The first-order valence-corrected chi connectivity index (χ1v) is 6.17. The molecule has 0 aliphatic carbocycles. The number of rotatable bonds is 4.